The summed E-state index contributed by atoms with van der Waals surface area (Å²) < 4.78 is 5.84. The van der Waals surface area contributed by atoms with Gasteiger partial charge >= 0.3 is 0 Å². The molecule has 1 atom stereocenters. The molecular formula is C18H23ClN4O. The first-order valence-corrected chi connectivity index (χ1v) is 8.39. The average Bonchev–Trinajstić information content (AvgIpc) is 2.60. The fourth-order valence-corrected chi connectivity index (χ4v) is 2.15. The summed E-state index contributed by atoms with van der Waals surface area (Å²) in [5.74, 6) is 1.54. The standard InChI is InChI=1S/C18H23ClN4O/c1-3-20-18(23-13-16-6-4-5-11-21-16)22-12-14(2)24-17-9-7-15(19)8-10-17/h4-11,14H,3,12-13H2,1-2H3,(H2,20,22,23). The fourth-order valence-electron chi connectivity index (χ4n) is 2.02. The van der Waals surface area contributed by atoms with Crippen LogP contribution in [0.5, 0.6) is 5.75 Å². The number of aromatic nitrogens is 1. The van der Waals surface area contributed by atoms with E-state index in [1.54, 1.807) is 6.20 Å². The zero-order valence-corrected chi connectivity index (χ0v) is 14.8. The number of aliphatic imine (C=N–C) groups is 1. The van der Waals surface area contributed by atoms with Crippen LogP contribution < -0.4 is 15.4 Å². The van der Waals surface area contributed by atoms with Gasteiger partial charge in [-0.15, -0.1) is 0 Å². The second kappa shape index (κ2) is 9.78. The van der Waals surface area contributed by atoms with Gasteiger partial charge in [-0.25, -0.2) is 4.99 Å². The van der Waals surface area contributed by atoms with Crippen molar-refractivity contribution in [2.45, 2.75) is 26.5 Å². The van der Waals surface area contributed by atoms with Crippen molar-refractivity contribution in [3.63, 3.8) is 0 Å². The molecule has 0 fully saturated rings. The van der Waals surface area contributed by atoms with Crippen LogP contribution in [-0.2, 0) is 6.54 Å². The summed E-state index contributed by atoms with van der Waals surface area (Å²) in [6.07, 6.45) is 1.76. The van der Waals surface area contributed by atoms with Crippen molar-refractivity contribution >= 4 is 17.6 Å². The predicted octanol–water partition coefficient (Wildman–Crippen LogP) is 3.26. The van der Waals surface area contributed by atoms with E-state index in [0.717, 1.165) is 23.9 Å². The summed E-state index contributed by atoms with van der Waals surface area (Å²) in [5.41, 5.74) is 0.931. The Morgan fingerprint density at radius 1 is 1.21 bits per heavy atom. The molecule has 1 aromatic carbocycles. The molecule has 0 saturated carbocycles. The third kappa shape index (κ3) is 6.46. The van der Waals surface area contributed by atoms with E-state index in [9.17, 15) is 0 Å². The van der Waals surface area contributed by atoms with Crippen LogP contribution in [-0.4, -0.2) is 30.1 Å². The minimum absolute atomic E-state index is 0.00937. The Kier molecular flexibility index (Phi) is 7.36. The Labute approximate surface area is 148 Å². The van der Waals surface area contributed by atoms with Crippen molar-refractivity contribution in [1.29, 1.82) is 0 Å². The highest BCUT2D eigenvalue weighted by molar-refractivity contribution is 6.30. The number of nitrogens with zero attached hydrogens (tertiary/aromatic N) is 2. The molecular weight excluding hydrogens is 324 g/mol. The number of guanidine groups is 1. The lowest BCUT2D eigenvalue weighted by Crippen LogP contribution is -2.41. The topological polar surface area (TPSA) is 58.5 Å². The van der Waals surface area contributed by atoms with Gasteiger partial charge in [0.15, 0.2) is 5.96 Å². The molecule has 0 aliphatic heterocycles. The summed E-state index contributed by atoms with van der Waals surface area (Å²) in [5, 5.41) is 7.20. The number of nitrogens with one attached hydrogen (secondary N) is 2. The molecule has 128 valence electrons. The van der Waals surface area contributed by atoms with Crippen LogP contribution in [0.3, 0.4) is 0 Å². The fraction of sp³-hybridized carbons (Fsp3) is 0.333. The second-order valence-electron chi connectivity index (χ2n) is 5.28. The average molecular weight is 347 g/mol. The molecule has 1 aromatic heterocycles. The van der Waals surface area contributed by atoms with Gasteiger partial charge in [0.05, 0.1) is 18.8 Å². The van der Waals surface area contributed by atoms with Crippen molar-refractivity contribution in [1.82, 2.24) is 15.6 Å². The van der Waals surface area contributed by atoms with Gasteiger partial charge in [0.25, 0.3) is 0 Å². The molecule has 5 nitrogen and oxygen atoms in total. The Morgan fingerprint density at radius 3 is 2.67 bits per heavy atom. The molecule has 2 aromatic rings. The first kappa shape index (κ1) is 18.1. The number of hydrogen-bond donors (Lipinski definition) is 2. The maximum atomic E-state index is 5.87. The van der Waals surface area contributed by atoms with Crippen LogP contribution in [0.25, 0.3) is 0 Å². The molecule has 0 amide bonds. The molecule has 0 radical (unpaired) electrons. The Balaban J connectivity index is 1.84. The van der Waals surface area contributed by atoms with Crippen molar-refractivity contribution < 1.29 is 4.74 Å². The van der Waals surface area contributed by atoms with Crippen molar-refractivity contribution in [3.8, 4) is 5.75 Å². The van der Waals surface area contributed by atoms with Crippen LogP contribution in [0.15, 0.2) is 53.7 Å². The minimum atomic E-state index is -0.00937. The quantitative estimate of drug-likeness (QED) is 0.597. The zero-order chi connectivity index (χ0) is 17.2. The largest absolute Gasteiger partial charge is 0.489 e. The normalized spacial score (nSPS) is 12.5. The van der Waals surface area contributed by atoms with E-state index in [-0.39, 0.29) is 6.10 Å². The van der Waals surface area contributed by atoms with Gasteiger partial charge < -0.3 is 15.4 Å². The number of rotatable bonds is 7. The molecule has 0 bridgehead atoms. The molecule has 2 rings (SSSR count). The minimum Gasteiger partial charge on any atom is -0.489 e. The monoisotopic (exact) mass is 346 g/mol. The summed E-state index contributed by atoms with van der Waals surface area (Å²) >= 11 is 5.87. The highest BCUT2D eigenvalue weighted by Crippen LogP contribution is 2.16. The van der Waals surface area contributed by atoms with E-state index >= 15 is 0 Å². The van der Waals surface area contributed by atoms with Crippen LogP contribution >= 0.6 is 11.6 Å². The third-order valence-electron chi connectivity index (χ3n) is 3.18. The van der Waals surface area contributed by atoms with Crippen LogP contribution in [0.1, 0.15) is 19.5 Å². The number of halogens is 1. The molecule has 1 unspecified atom stereocenters. The summed E-state index contributed by atoms with van der Waals surface area (Å²) in [6, 6.07) is 13.2. The number of benzene rings is 1. The van der Waals surface area contributed by atoms with E-state index in [1.165, 1.54) is 0 Å². The lowest BCUT2D eigenvalue weighted by Gasteiger charge is -2.17. The smallest absolute Gasteiger partial charge is 0.191 e. The molecule has 6 heteroatoms. The van der Waals surface area contributed by atoms with Gasteiger partial charge in [-0.2, -0.15) is 0 Å². The van der Waals surface area contributed by atoms with Crippen LogP contribution in [0, 0.1) is 0 Å². The van der Waals surface area contributed by atoms with Gasteiger partial charge in [-0.05, 0) is 50.2 Å². The lowest BCUT2D eigenvalue weighted by molar-refractivity contribution is 0.224. The van der Waals surface area contributed by atoms with Gasteiger partial charge in [-0.1, -0.05) is 17.7 Å². The van der Waals surface area contributed by atoms with Crippen molar-refractivity contribution in [2.75, 3.05) is 13.1 Å². The first-order valence-electron chi connectivity index (χ1n) is 8.01. The number of pyridine rings is 1. The van der Waals surface area contributed by atoms with Crippen LogP contribution in [0.2, 0.25) is 5.02 Å². The summed E-state index contributed by atoms with van der Waals surface area (Å²) in [4.78, 5) is 8.80. The maximum Gasteiger partial charge on any atom is 0.191 e. The summed E-state index contributed by atoms with van der Waals surface area (Å²) in [7, 11) is 0. The zero-order valence-electron chi connectivity index (χ0n) is 14.0. The van der Waals surface area contributed by atoms with Gasteiger partial charge in [-0.3, -0.25) is 4.98 Å². The molecule has 1 heterocycles. The highest BCUT2D eigenvalue weighted by atomic mass is 35.5. The maximum absolute atomic E-state index is 5.87. The Bertz CT molecular complexity index is 631. The molecule has 0 aliphatic rings. The van der Waals surface area contributed by atoms with Gasteiger partial charge in [0.1, 0.15) is 11.9 Å². The van der Waals surface area contributed by atoms with E-state index in [1.807, 2.05) is 56.3 Å². The third-order valence-corrected chi connectivity index (χ3v) is 3.43. The summed E-state index contributed by atoms with van der Waals surface area (Å²) in [6.45, 7) is 6.00. The molecule has 0 saturated heterocycles. The van der Waals surface area contributed by atoms with Crippen molar-refractivity contribution in [2.24, 2.45) is 4.99 Å². The Morgan fingerprint density at radius 2 is 2.00 bits per heavy atom. The van der Waals surface area contributed by atoms with Gasteiger partial charge in [0.2, 0.25) is 0 Å². The lowest BCUT2D eigenvalue weighted by atomic mass is 10.3. The Hall–Kier alpha value is -2.27. The van der Waals surface area contributed by atoms with E-state index in [2.05, 4.69) is 20.6 Å². The molecule has 2 N–H and O–H groups in total. The molecule has 24 heavy (non-hydrogen) atoms. The number of ether oxygens (including phenoxy) is 1. The highest BCUT2D eigenvalue weighted by Gasteiger charge is 2.06. The SMILES string of the molecule is CCNC(=NCc1ccccn1)NCC(C)Oc1ccc(Cl)cc1. The van der Waals surface area contributed by atoms with Crippen LogP contribution in [0.4, 0.5) is 0 Å². The van der Waals surface area contributed by atoms with Crippen molar-refractivity contribution in [3.05, 3.63) is 59.4 Å². The molecule has 0 aliphatic carbocycles. The second-order valence-corrected chi connectivity index (χ2v) is 5.72. The first-order chi connectivity index (χ1) is 11.7. The predicted molar refractivity (Wildman–Crippen MR) is 98.6 cm³/mol. The van der Waals surface area contributed by atoms with E-state index in [4.69, 9.17) is 16.3 Å². The van der Waals surface area contributed by atoms with E-state index in [0.29, 0.717) is 18.1 Å². The number of hydrogen-bond acceptors (Lipinski definition) is 3. The van der Waals surface area contributed by atoms with Gasteiger partial charge in [0, 0.05) is 17.8 Å². The van der Waals surface area contributed by atoms with E-state index < -0.39 is 0 Å². The molecule has 0 spiro atoms.